The van der Waals surface area contributed by atoms with Gasteiger partial charge in [0.2, 0.25) is 0 Å². The number of rotatable bonds is 5. The van der Waals surface area contributed by atoms with E-state index in [1.807, 2.05) is 18.2 Å². The number of methoxy groups -OCH3 is 2. The minimum Gasteiger partial charge on any atom is -0.493 e. The van der Waals surface area contributed by atoms with Crippen molar-refractivity contribution in [2.45, 2.75) is 0 Å². The highest BCUT2D eigenvalue weighted by Gasteiger charge is 2.03. The Morgan fingerprint density at radius 2 is 2.00 bits per heavy atom. The van der Waals surface area contributed by atoms with Crippen molar-refractivity contribution in [2.75, 3.05) is 19.6 Å². The van der Waals surface area contributed by atoms with Gasteiger partial charge in [-0.2, -0.15) is 5.10 Å². The number of nitrogens with zero attached hydrogens (tertiary/aromatic N) is 2. The first-order chi connectivity index (χ1) is 9.74. The third-order valence-electron chi connectivity index (χ3n) is 2.55. The lowest BCUT2D eigenvalue weighted by molar-refractivity contribution is 0.355. The fraction of sp³-hybridized carbons (Fsp3) is 0.143. The highest BCUT2D eigenvalue weighted by molar-refractivity contribution is 6.32. The van der Waals surface area contributed by atoms with Crippen molar-refractivity contribution in [3.63, 3.8) is 0 Å². The number of benzene rings is 1. The van der Waals surface area contributed by atoms with E-state index in [1.54, 1.807) is 38.8 Å². The average molecular weight is 292 g/mol. The topological polar surface area (TPSA) is 55.7 Å². The molecule has 0 spiro atoms. The highest BCUT2D eigenvalue weighted by Crippen LogP contribution is 2.26. The van der Waals surface area contributed by atoms with Crippen molar-refractivity contribution in [3.05, 3.63) is 47.1 Å². The second-order valence-electron chi connectivity index (χ2n) is 3.82. The smallest absolute Gasteiger partial charge is 0.165 e. The lowest BCUT2D eigenvalue weighted by Gasteiger charge is -2.07. The Kier molecular flexibility index (Phi) is 4.79. The van der Waals surface area contributed by atoms with Gasteiger partial charge in [-0.1, -0.05) is 11.6 Å². The van der Waals surface area contributed by atoms with Crippen LogP contribution in [0.5, 0.6) is 11.5 Å². The Hall–Kier alpha value is -2.27. The lowest BCUT2D eigenvalue weighted by Crippen LogP contribution is -1.95. The van der Waals surface area contributed by atoms with Gasteiger partial charge in [-0.3, -0.25) is 5.43 Å². The molecule has 1 aromatic carbocycles. The highest BCUT2D eigenvalue weighted by atomic mass is 35.5. The Balaban J connectivity index is 2.10. The predicted molar refractivity (Wildman–Crippen MR) is 80.0 cm³/mol. The van der Waals surface area contributed by atoms with E-state index in [-0.39, 0.29) is 0 Å². The van der Waals surface area contributed by atoms with Gasteiger partial charge in [0, 0.05) is 6.20 Å². The molecule has 2 rings (SSSR count). The zero-order valence-electron chi connectivity index (χ0n) is 11.1. The van der Waals surface area contributed by atoms with E-state index in [4.69, 9.17) is 21.1 Å². The van der Waals surface area contributed by atoms with Crippen molar-refractivity contribution < 1.29 is 9.47 Å². The van der Waals surface area contributed by atoms with Crippen LogP contribution in [0.4, 0.5) is 5.82 Å². The number of halogens is 1. The van der Waals surface area contributed by atoms with Crippen molar-refractivity contribution in [3.8, 4) is 11.5 Å². The summed E-state index contributed by atoms with van der Waals surface area (Å²) >= 11 is 5.96. The number of aromatic nitrogens is 1. The molecule has 0 amide bonds. The van der Waals surface area contributed by atoms with Crippen LogP contribution in [0.25, 0.3) is 0 Å². The van der Waals surface area contributed by atoms with Gasteiger partial charge < -0.3 is 9.47 Å². The Morgan fingerprint density at radius 1 is 1.20 bits per heavy atom. The maximum Gasteiger partial charge on any atom is 0.165 e. The summed E-state index contributed by atoms with van der Waals surface area (Å²) in [6.07, 6.45) is 3.28. The zero-order valence-corrected chi connectivity index (χ0v) is 11.9. The van der Waals surface area contributed by atoms with Crippen LogP contribution < -0.4 is 14.9 Å². The van der Waals surface area contributed by atoms with Crippen molar-refractivity contribution in [1.29, 1.82) is 0 Å². The normalized spacial score (nSPS) is 10.6. The van der Waals surface area contributed by atoms with Gasteiger partial charge in [-0.05, 0) is 35.9 Å². The molecule has 0 bridgehead atoms. The van der Waals surface area contributed by atoms with Crippen LogP contribution in [-0.4, -0.2) is 25.4 Å². The summed E-state index contributed by atoms with van der Waals surface area (Å²) in [6, 6.07) is 9.00. The summed E-state index contributed by atoms with van der Waals surface area (Å²) in [5.74, 6) is 1.82. The van der Waals surface area contributed by atoms with Crippen LogP contribution in [0, 0.1) is 0 Å². The first-order valence-corrected chi connectivity index (χ1v) is 6.24. The fourth-order valence-electron chi connectivity index (χ4n) is 1.57. The van der Waals surface area contributed by atoms with Gasteiger partial charge in [0.25, 0.3) is 0 Å². The minimum absolute atomic E-state index is 0.505. The van der Waals surface area contributed by atoms with Gasteiger partial charge >= 0.3 is 0 Å². The largest absolute Gasteiger partial charge is 0.493 e. The maximum atomic E-state index is 5.96. The number of hydrogen-bond acceptors (Lipinski definition) is 5. The van der Waals surface area contributed by atoms with Crippen LogP contribution in [0.2, 0.25) is 5.02 Å². The lowest BCUT2D eigenvalue weighted by atomic mass is 10.2. The molecule has 0 aliphatic heterocycles. The molecule has 1 aromatic heterocycles. The molecular formula is C14H14ClN3O2. The number of nitrogens with one attached hydrogen (secondary N) is 1. The molecule has 0 fully saturated rings. The van der Waals surface area contributed by atoms with Crippen LogP contribution in [0.1, 0.15) is 5.56 Å². The third kappa shape index (κ3) is 3.39. The Morgan fingerprint density at radius 3 is 2.70 bits per heavy atom. The molecule has 1 heterocycles. The molecule has 1 N–H and O–H groups in total. The average Bonchev–Trinajstić information content (AvgIpc) is 2.49. The van der Waals surface area contributed by atoms with Gasteiger partial charge in [0.15, 0.2) is 17.3 Å². The molecule has 104 valence electrons. The number of pyridine rings is 1. The standard InChI is InChI=1S/C14H14ClN3O2/c1-19-12-6-5-10(8-13(12)20-2)9-17-18-14-11(15)4-3-7-16-14/h3-9H,1-2H3,(H,16,18)/b17-9+. The van der Waals surface area contributed by atoms with Crippen LogP contribution >= 0.6 is 11.6 Å². The third-order valence-corrected chi connectivity index (χ3v) is 2.86. The van der Waals surface area contributed by atoms with E-state index in [0.29, 0.717) is 22.3 Å². The molecule has 0 aliphatic rings. The van der Waals surface area contributed by atoms with Gasteiger partial charge in [-0.15, -0.1) is 0 Å². The van der Waals surface area contributed by atoms with Crippen molar-refractivity contribution in [2.24, 2.45) is 5.10 Å². The predicted octanol–water partition coefficient (Wildman–Crippen LogP) is 3.20. The van der Waals surface area contributed by atoms with E-state index in [1.165, 1.54) is 0 Å². The number of anilines is 1. The van der Waals surface area contributed by atoms with Crippen molar-refractivity contribution in [1.82, 2.24) is 4.98 Å². The number of hydrazone groups is 1. The molecule has 5 nitrogen and oxygen atoms in total. The quantitative estimate of drug-likeness (QED) is 0.679. The summed E-state index contributed by atoms with van der Waals surface area (Å²) in [4.78, 5) is 4.07. The summed E-state index contributed by atoms with van der Waals surface area (Å²) in [6.45, 7) is 0. The van der Waals surface area contributed by atoms with Crippen LogP contribution in [0.15, 0.2) is 41.6 Å². The summed E-state index contributed by atoms with van der Waals surface area (Å²) in [5.41, 5.74) is 3.64. The van der Waals surface area contributed by atoms with Crippen LogP contribution in [0.3, 0.4) is 0 Å². The molecule has 0 aliphatic carbocycles. The SMILES string of the molecule is COc1ccc(/C=N/Nc2ncccc2Cl)cc1OC. The van der Waals surface area contributed by atoms with E-state index >= 15 is 0 Å². The molecule has 0 atom stereocenters. The molecule has 0 saturated heterocycles. The molecule has 2 aromatic rings. The number of ether oxygens (including phenoxy) is 2. The van der Waals surface area contributed by atoms with E-state index in [2.05, 4.69) is 15.5 Å². The number of hydrogen-bond donors (Lipinski definition) is 1. The van der Waals surface area contributed by atoms with Gasteiger partial charge in [0.1, 0.15) is 0 Å². The Labute approximate surface area is 122 Å². The fourth-order valence-corrected chi connectivity index (χ4v) is 1.73. The summed E-state index contributed by atoms with van der Waals surface area (Å²) < 4.78 is 10.4. The molecule has 6 heteroatoms. The van der Waals surface area contributed by atoms with E-state index in [0.717, 1.165) is 5.56 Å². The second kappa shape index (κ2) is 6.77. The van der Waals surface area contributed by atoms with Crippen molar-refractivity contribution >= 4 is 23.6 Å². The summed E-state index contributed by atoms with van der Waals surface area (Å²) in [5, 5.41) is 4.60. The first-order valence-electron chi connectivity index (χ1n) is 5.86. The summed E-state index contributed by atoms with van der Waals surface area (Å²) in [7, 11) is 3.18. The molecule has 0 saturated carbocycles. The van der Waals surface area contributed by atoms with Gasteiger partial charge in [0.05, 0.1) is 25.5 Å². The van der Waals surface area contributed by atoms with Gasteiger partial charge in [-0.25, -0.2) is 4.98 Å². The first kappa shape index (κ1) is 14.1. The maximum absolute atomic E-state index is 5.96. The minimum atomic E-state index is 0.505. The van der Waals surface area contributed by atoms with E-state index in [9.17, 15) is 0 Å². The molecular weight excluding hydrogens is 278 g/mol. The molecule has 0 unspecified atom stereocenters. The second-order valence-corrected chi connectivity index (χ2v) is 4.23. The Bertz CT molecular complexity index is 617. The van der Waals surface area contributed by atoms with Crippen LogP contribution in [-0.2, 0) is 0 Å². The molecule has 0 radical (unpaired) electrons. The zero-order chi connectivity index (χ0) is 14.4. The monoisotopic (exact) mass is 291 g/mol. The van der Waals surface area contributed by atoms with E-state index < -0.39 is 0 Å². The molecule has 20 heavy (non-hydrogen) atoms.